The number of benzene rings is 1. The summed E-state index contributed by atoms with van der Waals surface area (Å²) >= 11 is 0. The number of anilines is 2. The number of sulfonamides is 2. The lowest BCUT2D eigenvalue weighted by molar-refractivity contribution is -0.154. The van der Waals surface area contributed by atoms with Crippen molar-refractivity contribution < 1.29 is 31.2 Å². The van der Waals surface area contributed by atoms with E-state index in [1.807, 2.05) is 0 Å². The molecule has 0 aromatic heterocycles. The third-order valence-electron chi connectivity index (χ3n) is 7.45. The molecule has 2 saturated carbocycles. The first kappa shape index (κ1) is 28.3. The number of nitrogens with zero attached hydrogens (tertiary/aromatic N) is 2. The molecule has 2 fully saturated rings. The largest absolute Gasteiger partial charge is 0.466 e. The standard InChI is InChI=1S/C25H36N4O7S2/c1-5-36-25(31)23-16-6-7-17(12-16)24(23)29(11-10-15(2)3)22(30)14-21-26-19-9-8-18(27-37(4,32)33)13-20(19)38(34,35)28-21/h8-9,13,15-17,23-24,27H,5-7,10-12,14H2,1-4H3,(H,26,28)/t16-,17+,23?,24?/m0/s1. The zero-order valence-corrected chi connectivity index (χ0v) is 23.8. The Morgan fingerprint density at radius 2 is 1.95 bits per heavy atom. The maximum atomic E-state index is 13.7. The van der Waals surface area contributed by atoms with E-state index in [4.69, 9.17) is 4.74 Å². The van der Waals surface area contributed by atoms with Gasteiger partial charge in [0.1, 0.15) is 10.7 Å². The first-order valence-electron chi connectivity index (χ1n) is 13.0. The van der Waals surface area contributed by atoms with E-state index < -0.39 is 20.0 Å². The number of nitrogens with one attached hydrogen (secondary N) is 2. The first-order chi connectivity index (χ1) is 17.8. The van der Waals surface area contributed by atoms with Crippen molar-refractivity contribution in [2.24, 2.45) is 28.1 Å². The molecule has 4 atom stereocenters. The highest BCUT2D eigenvalue weighted by Crippen LogP contribution is 2.51. The Morgan fingerprint density at radius 3 is 2.61 bits per heavy atom. The third kappa shape index (κ3) is 6.14. The van der Waals surface area contributed by atoms with Crippen LogP contribution in [0.25, 0.3) is 0 Å². The second-order valence-electron chi connectivity index (χ2n) is 10.8. The third-order valence-corrected chi connectivity index (χ3v) is 9.41. The summed E-state index contributed by atoms with van der Waals surface area (Å²) in [7, 11) is -7.78. The summed E-state index contributed by atoms with van der Waals surface area (Å²) in [6, 6.07) is 3.77. The number of ether oxygens (including phenoxy) is 1. The number of rotatable bonds is 10. The van der Waals surface area contributed by atoms with Gasteiger partial charge < -0.3 is 15.0 Å². The van der Waals surface area contributed by atoms with Crippen molar-refractivity contribution in [2.45, 2.75) is 63.8 Å². The van der Waals surface area contributed by atoms with Crippen molar-refractivity contribution in [1.29, 1.82) is 0 Å². The number of esters is 1. The van der Waals surface area contributed by atoms with Crippen molar-refractivity contribution >= 4 is 49.1 Å². The Morgan fingerprint density at radius 1 is 1.24 bits per heavy atom. The summed E-state index contributed by atoms with van der Waals surface area (Å²) in [5.74, 6) is -0.236. The molecule has 1 heterocycles. The molecule has 1 aliphatic heterocycles. The maximum Gasteiger partial charge on any atom is 0.311 e. The average molecular weight is 569 g/mol. The molecule has 1 amide bonds. The highest BCUT2D eigenvalue weighted by atomic mass is 32.2. The number of hydrogen-bond donors (Lipinski definition) is 2. The van der Waals surface area contributed by atoms with Crippen molar-refractivity contribution in [3.8, 4) is 0 Å². The SMILES string of the molecule is CCOC(=O)C1C(N(CCC(C)C)C(=O)CC2=NS(=O)(=O)c3cc(NS(C)(=O)=O)ccc3N2)[C@@H]2CC[C@H]1C2. The monoisotopic (exact) mass is 568 g/mol. The molecule has 0 radical (unpaired) electrons. The fourth-order valence-corrected chi connectivity index (χ4v) is 7.65. The molecule has 1 aromatic rings. The van der Waals surface area contributed by atoms with Gasteiger partial charge in [-0.25, -0.2) is 8.42 Å². The quantitative estimate of drug-likeness (QED) is 0.409. The van der Waals surface area contributed by atoms with Crippen LogP contribution < -0.4 is 10.0 Å². The van der Waals surface area contributed by atoms with Crippen molar-refractivity contribution in [2.75, 3.05) is 29.4 Å². The number of amidine groups is 1. The van der Waals surface area contributed by atoms with Crippen molar-refractivity contribution in [3.05, 3.63) is 18.2 Å². The van der Waals surface area contributed by atoms with Gasteiger partial charge in [0.05, 0.1) is 30.9 Å². The second kappa shape index (κ2) is 10.8. The smallest absolute Gasteiger partial charge is 0.311 e. The van der Waals surface area contributed by atoms with E-state index >= 15 is 0 Å². The molecule has 3 aliphatic rings. The van der Waals surface area contributed by atoms with E-state index in [1.165, 1.54) is 18.2 Å². The molecule has 2 bridgehead atoms. The van der Waals surface area contributed by atoms with Gasteiger partial charge in [-0.05, 0) is 68.6 Å². The summed E-state index contributed by atoms with van der Waals surface area (Å²) in [6.07, 6.45) is 4.20. The van der Waals surface area contributed by atoms with Gasteiger partial charge in [0.15, 0.2) is 0 Å². The van der Waals surface area contributed by atoms with Gasteiger partial charge in [-0.3, -0.25) is 14.3 Å². The molecule has 210 valence electrons. The van der Waals surface area contributed by atoms with Crippen LogP contribution >= 0.6 is 0 Å². The molecule has 2 unspecified atom stereocenters. The Hall–Kier alpha value is -2.67. The Balaban J connectivity index is 1.58. The van der Waals surface area contributed by atoms with Crippen LogP contribution in [-0.2, 0) is 34.4 Å². The van der Waals surface area contributed by atoms with Crippen LogP contribution in [-0.4, -0.2) is 64.9 Å². The van der Waals surface area contributed by atoms with Gasteiger partial charge in [0.25, 0.3) is 10.0 Å². The van der Waals surface area contributed by atoms with E-state index in [0.717, 1.165) is 31.9 Å². The van der Waals surface area contributed by atoms with E-state index in [1.54, 1.807) is 11.8 Å². The summed E-state index contributed by atoms with van der Waals surface area (Å²) in [6.45, 7) is 6.63. The lowest BCUT2D eigenvalue weighted by atomic mass is 9.83. The Kier molecular flexibility index (Phi) is 8.08. The van der Waals surface area contributed by atoms with Crippen LogP contribution in [0.5, 0.6) is 0 Å². The molecule has 4 rings (SSSR count). The Labute approximate surface area is 224 Å². The molecule has 1 aromatic carbocycles. The molecular weight excluding hydrogens is 532 g/mol. The minimum atomic E-state index is -4.18. The number of amides is 1. The second-order valence-corrected chi connectivity index (χ2v) is 14.1. The van der Waals surface area contributed by atoms with Crippen LogP contribution in [0.4, 0.5) is 11.4 Å². The predicted octanol–water partition coefficient (Wildman–Crippen LogP) is 2.81. The molecule has 0 saturated heterocycles. The van der Waals surface area contributed by atoms with Crippen LogP contribution in [0.1, 0.15) is 52.9 Å². The van der Waals surface area contributed by atoms with Crippen molar-refractivity contribution in [3.63, 3.8) is 0 Å². The summed E-state index contributed by atoms with van der Waals surface area (Å²) < 4.78 is 60.5. The number of carbonyl (C=O) groups is 2. The lowest BCUT2D eigenvalue weighted by Crippen LogP contribution is -2.51. The highest BCUT2D eigenvalue weighted by Gasteiger charge is 2.54. The zero-order chi connectivity index (χ0) is 27.8. The molecule has 13 heteroatoms. The van der Waals surface area contributed by atoms with E-state index in [2.05, 4.69) is 28.3 Å². The van der Waals surface area contributed by atoms with E-state index in [9.17, 15) is 26.4 Å². The van der Waals surface area contributed by atoms with E-state index in [-0.39, 0.29) is 70.8 Å². The van der Waals surface area contributed by atoms with Gasteiger partial charge >= 0.3 is 5.97 Å². The molecule has 38 heavy (non-hydrogen) atoms. The minimum absolute atomic E-state index is 0.0169. The van der Waals surface area contributed by atoms with Gasteiger partial charge in [-0.15, -0.1) is 4.40 Å². The van der Waals surface area contributed by atoms with Crippen LogP contribution in [0.3, 0.4) is 0 Å². The summed E-state index contributed by atoms with van der Waals surface area (Å²) in [4.78, 5) is 28.2. The highest BCUT2D eigenvalue weighted by molar-refractivity contribution is 7.92. The van der Waals surface area contributed by atoms with E-state index in [0.29, 0.717) is 12.5 Å². The molecule has 11 nitrogen and oxygen atoms in total. The maximum absolute atomic E-state index is 13.7. The number of carbonyl (C=O) groups excluding carboxylic acids is 2. The van der Waals surface area contributed by atoms with Crippen molar-refractivity contribution in [1.82, 2.24) is 4.90 Å². The van der Waals surface area contributed by atoms with Crippen LogP contribution in [0, 0.1) is 23.7 Å². The molecule has 2 N–H and O–H groups in total. The number of fused-ring (bicyclic) bond motifs is 3. The summed E-state index contributed by atoms with van der Waals surface area (Å²) in [5.41, 5.74) is 0.299. The first-order valence-corrected chi connectivity index (χ1v) is 16.3. The van der Waals surface area contributed by atoms with Crippen LogP contribution in [0.2, 0.25) is 0 Å². The molecule has 0 spiro atoms. The average Bonchev–Trinajstić information content (AvgIpc) is 3.40. The number of hydrogen-bond acceptors (Lipinski definition) is 8. The lowest BCUT2D eigenvalue weighted by Gasteiger charge is -2.39. The Bertz CT molecular complexity index is 1340. The minimum Gasteiger partial charge on any atom is -0.466 e. The topological polar surface area (TPSA) is 151 Å². The molecule has 2 aliphatic carbocycles. The van der Waals surface area contributed by atoms with Crippen LogP contribution in [0.15, 0.2) is 27.5 Å². The summed E-state index contributed by atoms with van der Waals surface area (Å²) in [5, 5.41) is 2.93. The molecular formula is C25H36N4O7S2. The van der Waals surface area contributed by atoms with Gasteiger partial charge in [0.2, 0.25) is 15.9 Å². The fraction of sp³-hybridized carbons (Fsp3) is 0.640. The van der Waals surface area contributed by atoms with Gasteiger partial charge in [-0.1, -0.05) is 13.8 Å². The zero-order valence-electron chi connectivity index (χ0n) is 22.1. The van der Waals surface area contributed by atoms with Gasteiger partial charge in [-0.2, -0.15) is 8.42 Å². The normalized spacial score (nSPS) is 25.3. The van der Waals surface area contributed by atoms with Gasteiger partial charge in [0, 0.05) is 18.3 Å². The fourth-order valence-electron chi connectivity index (χ4n) is 5.93. The predicted molar refractivity (Wildman–Crippen MR) is 144 cm³/mol.